The molecule has 5 nitrogen and oxygen atoms in total. The molecule has 0 aromatic rings. The highest BCUT2D eigenvalue weighted by atomic mass is 16.2. The van der Waals surface area contributed by atoms with Gasteiger partial charge in [-0.1, -0.05) is 0 Å². The van der Waals surface area contributed by atoms with Crippen molar-refractivity contribution in [3.8, 4) is 0 Å². The van der Waals surface area contributed by atoms with Crippen LogP contribution in [0.4, 0.5) is 4.79 Å². The number of hydrogen-bond acceptors (Lipinski definition) is 3. The molecule has 3 N–H and O–H groups in total. The normalized spacial score (nSPS) is 15.8. The highest BCUT2D eigenvalue weighted by Gasteiger charge is 2.13. The van der Waals surface area contributed by atoms with E-state index in [4.69, 9.17) is 5.73 Å². The summed E-state index contributed by atoms with van der Waals surface area (Å²) in [6.45, 7) is 0. The first-order valence-corrected chi connectivity index (χ1v) is 3.14. The molecule has 0 radical (unpaired) electrons. The van der Waals surface area contributed by atoms with E-state index in [0.717, 1.165) is 18.2 Å². The molecular formula is C7H6N2O3. The second kappa shape index (κ2) is 3.00. The molecular weight excluding hydrogens is 160 g/mol. The predicted octanol–water partition coefficient (Wildman–Crippen LogP) is -0.753. The Morgan fingerprint density at radius 2 is 2.00 bits per heavy atom. The maximum atomic E-state index is 10.9. The van der Waals surface area contributed by atoms with Crippen molar-refractivity contribution < 1.29 is 14.4 Å². The van der Waals surface area contributed by atoms with Crippen LogP contribution in [0.15, 0.2) is 23.9 Å². The number of nitrogens with one attached hydrogen (secondary N) is 1. The van der Waals surface area contributed by atoms with Gasteiger partial charge in [0.2, 0.25) is 5.78 Å². The van der Waals surface area contributed by atoms with Crippen molar-refractivity contribution in [2.24, 2.45) is 5.73 Å². The highest BCUT2D eigenvalue weighted by Crippen LogP contribution is 2.00. The molecule has 5 heteroatoms. The van der Waals surface area contributed by atoms with Crippen LogP contribution in [0, 0.1) is 0 Å². The van der Waals surface area contributed by atoms with Crippen molar-refractivity contribution in [2.45, 2.75) is 0 Å². The van der Waals surface area contributed by atoms with Crippen LogP contribution in [0.3, 0.4) is 0 Å². The largest absolute Gasteiger partial charge is 0.351 e. The van der Waals surface area contributed by atoms with Gasteiger partial charge in [0.1, 0.15) is 0 Å². The Bertz CT molecular complexity index is 315. The summed E-state index contributed by atoms with van der Waals surface area (Å²) in [6.07, 6.45) is 3.22. The van der Waals surface area contributed by atoms with Crippen molar-refractivity contribution in [3.05, 3.63) is 23.9 Å². The molecule has 0 fully saturated rings. The number of urea groups is 1. The number of ketones is 2. The fraction of sp³-hybridized carbons (Fsp3) is 0. The smallest absolute Gasteiger partial charge is 0.316 e. The van der Waals surface area contributed by atoms with Crippen LogP contribution < -0.4 is 11.1 Å². The van der Waals surface area contributed by atoms with Gasteiger partial charge < -0.3 is 11.1 Å². The number of allylic oxidation sites excluding steroid dienone is 3. The predicted molar refractivity (Wildman–Crippen MR) is 40.0 cm³/mol. The van der Waals surface area contributed by atoms with E-state index in [1.165, 1.54) is 0 Å². The fourth-order valence-electron chi connectivity index (χ4n) is 0.740. The van der Waals surface area contributed by atoms with Gasteiger partial charge in [0, 0.05) is 6.08 Å². The summed E-state index contributed by atoms with van der Waals surface area (Å²) in [4.78, 5) is 31.9. The monoisotopic (exact) mass is 166 g/mol. The second-order valence-corrected chi connectivity index (χ2v) is 2.15. The molecule has 0 aliphatic heterocycles. The number of carbonyl (C=O) groups excluding carboxylic acids is 3. The lowest BCUT2D eigenvalue weighted by molar-refractivity contribution is -0.114. The van der Waals surface area contributed by atoms with E-state index in [9.17, 15) is 14.4 Å². The van der Waals surface area contributed by atoms with E-state index in [2.05, 4.69) is 0 Å². The van der Waals surface area contributed by atoms with Gasteiger partial charge in [0.15, 0.2) is 5.78 Å². The van der Waals surface area contributed by atoms with Gasteiger partial charge in [-0.25, -0.2) is 4.79 Å². The molecule has 0 aromatic carbocycles. The molecule has 0 atom stereocenters. The van der Waals surface area contributed by atoms with E-state index in [-0.39, 0.29) is 11.5 Å². The Morgan fingerprint density at radius 1 is 1.33 bits per heavy atom. The van der Waals surface area contributed by atoms with Gasteiger partial charge in [-0.2, -0.15) is 0 Å². The molecule has 0 unspecified atom stereocenters. The van der Waals surface area contributed by atoms with E-state index in [1.54, 1.807) is 0 Å². The number of hydrogen-bond donors (Lipinski definition) is 2. The first-order valence-electron chi connectivity index (χ1n) is 3.14. The summed E-state index contributed by atoms with van der Waals surface area (Å²) in [6, 6.07) is -0.863. The zero-order valence-electron chi connectivity index (χ0n) is 6.03. The third kappa shape index (κ3) is 1.79. The molecule has 0 spiro atoms. The van der Waals surface area contributed by atoms with Gasteiger partial charge in [-0.3, -0.25) is 9.59 Å². The van der Waals surface area contributed by atoms with E-state index in [0.29, 0.717) is 0 Å². The fourth-order valence-corrected chi connectivity index (χ4v) is 0.740. The standard InChI is InChI=1S/C7H6N2O3/c8-7(12)9-5-3-4(10)1-2-6(5)11/h1-3H,(H3,8,9,12). The first kappa shape index (κ1) is 8.19. The molecule has 0 heterocycles. The SMILES string of the molecule is NC(=O)NC1=CC(=O)C=CC1=O. The van der Waals surface area contributed by atoms with Crippen molar-refractivity contribution in [2.75, 3.05) is 0 Å². The van der Waals surface area contributed by atoms with Crippen LogP contribution in [0.1, 0.15) is 0 Å². The molecule has 1 aliphatic rings. The Kier molecular flexibility index (Phi) is 2.05. The lowest BCUT2D eigenvalue weighted by atomic mass is 10.1. The Morgan fingerprint density at radius 3 is 2.58 bits per heavy atom. The number of nitrogens with two attached hydrogens (primary N) is 1. The summed E-state index contributed by atoms with van der Waals surface area (Å²) in [5.41, 5.74) is 4.66. The van der Waals surface area contributed by atoms with Crippen LogP contribution in [-0.2, 0) is 9.59 Å². The first-order chi connectivity index (χ1) is 5.59. The van der Waals surface area contributed by atoms with Gasteiger partial charge >= 0.3 is 6.03 Å². The van der Waals surface area contributed by atoms with E-state index in [1.807, 2.05) is 5.32 Å². The molecule has 0 saturated heterocycles. The van der Waals surface area contributed by atoms with Crippen LogP contribution in [0.2, 0.25) is 0 Å². The highest BCUT2D eigenvalue weighted by molar-refractivity contribution is 6.18. The Labute approximate surface area is 67.9 Å². The van der Waals surface area contributed by atoms with Crippen LogP contribution in [-0.4, -0.2) is 17.6 Å². The summed E-state index contributed by atoms with van der Waals surface area (Å²) in [7, 11) is 0. The summed E-state index contributed by atoms with van der Waals surface area (Å²) in [5.74, 6) is -0.785. The second-order valence-electron chi connectivity index (χ2n) is 2.15. The zero-order valence-corrected chi connectivity index (χ0v) is 6.03. The molecule has 2 amide bonds. The number of primary amides is 1. The minimum absolute atomic E-state index is 0.0880. The molecule has 1 aliphatic carbocycles. The zero-order chi connectivity index (χ0) is 9.14. The third-order valence-corrected chi connectivity index (χ3v) is 1.21. The van der Waals surface area contributed by atoms with Crippen molar-refractivity contribution in [3.63, 3.8) is 0 Å². The van der Waals surface area contributed by atoms with E-state index < -0.39 is 11.8 Å². The third-order valence-electron chi connectivity index (χ3n) is 1.21. The average Bonchev–Trinajstić information content (AvgIpc) is 1.96. The molecule has 62 valence electrons. The summed E-state index contributed by atoms with van der Waals surface area (Å²) in [5, 5.41) is 2.04. The van der Waals surface area contributed by atoms with Gasteiger partial charge in [0.25, 0.3) is 0 Å². The van der Waals surface area contributed by atoms with Crippen molar-refractivity contribution in [1.29, 1.82) is 0 Å². The molecule has 0 saturated carbocycles. The molecule has 0 aromatic heterocycles. The lowest BCUT2D eigenvalue weighted by Crippen LogP contribution is -2.32. The van der Waals surface area contributed by atoms with Gasteiger partial charge in [0.05, 0.1) is 5.70 Å². The topological polar surface area (TPSA) is 89.3 Å². The minimum atomic E-state index is -0.863. The van der Waals surface area contributed by atoms with Crippen molar-refractivity contribution in [1.82, 2.24) is 5.32 Å². The van der Waals surface area contributed by atoms with Crippen molar-refractivity contribution >= 4 is 17.6 Å². The molecule has 12 heavy (non-hydrogen) atoms. The Hall–Kier alpha value is -1.91. The van der Waals surface area contributed by atoms with Gasteiger partial charge in [-0.15, -0.1) is 0 Å². The lowest BCUT2D eigenvalue weighted by Gasteiger charge is -2.05. The number of amides is 2. The summed E-state index contributed by atoms with van der Waals surface area (Å²) < 4.78 is 0. The summed E-state index contributed by atoms with van der Waals surface area (Å²) >= 11 is 0. The average molecular weight is 166 g/mol. The maximum absolute atomic E-state index is 10.9. The van der Waals surface area contributed by atoms with Crippen LogP contribution >= 0.6 is 0 Å². The number of carbonyl (C=O) groups is 3. The van der Waals surface area contributed by atoms with Gasteiger partial charge in [-0.05, 0) is 12.2 Å². The Balaban J connectivity index is 2.81. The number of rotatable bonds is 1. The maximum Gasteiger partial charge on any atom is 0.316 e. The van der Waals surface area contributed by atoms with Crippen LogP contribution in [0.25, 0.3) is 0 Å². The van der Waals surface area contributed by atoms with E-state index >= 15 is 0 Å². The molecule has 1 rings (SSSR count). The quantitative estimate of drug-likeness (QED) is 0.502. The van der Waals surface area contributed by atoms with Crippen LogP contribution in [0.5, 0.6) is 0 Å². The molecule has 0 bridgehead atoms. The minimum Gasteiger partial charge on any atom is -0.351 e.